The zero-order valence-electron chi connectivity index (χ0n) is 11.6. The van der Waals surface area contributed by atoms with E-state index in [0.717, 1.165) is 17.8 Å². The molecule has 0 fully saturated rings. The van der Waals surface area contributed by atoms with Crippen LogP contribution in [-0.2, 0) is 17.6 Å². The number of aryl methyl sites for hydroxylation is 1. The van der Waals surface area contributed by atoms with Crippen molar-refractivity contribution in [1.29, 1.82) is 0 Å². The van der Waals surface area contributed by atoms with Gasteiger partial charge in [0.25, 0.3) is 0 Å². The molecule has 0 saturated carbocycles. The van der Waals surface area contributed by atoms with Gasteiger partial charge in [-0.05, 0) is 64.5 Å². The number of hydrogen-bond acceptors (Lipinski definition) is 3. The van der Waals surface area contributed by atoms with Crippen LogP contribution in [0.1, 0.15) is 49.6 Å². The Bertz CT molecular complexity index is 457. The lowest BCUT2D eigenvalue weighted by Crippen LogP contribution is -2.27. The number of amides is 1. The highest BCUT2D eigenvalue weighted by atomic mass is 32.1. The summed E-state index contributed by atoms with van der Waals surface area (Å²) in [7, 11) is 0. The monoisotopic (exact) mass is 267 g/mol. The van der Waals surface area contributed by atoms with Gasteiger partial charge in [-0.3, -0.25) is 5.32 Å². The SMILES string of the molecule is Cc1c(NC(=O)OC(C)(C)C)sc2c1CCCC2. The molecular formula is C14H21NO2S. The van der Waals surface area contributed by atoms with Crippen molar-refractivity contribution in [2.45, 2.75) is 59.0 Å². The molecule has 0 radical (unpaired) electrons. The summed E-state index contributed by atoms with van der Waals surface area (Å²) >= 11 is 1.70. The van der Waals surface area contributed by atoms with Crippen molar-refractivity contribution in [3.05, 3.63) is 16.0 Å². The molecule has 1 aromatic heterocycles. The maximum atomic E-state index is 11.8. The van der Waals surface area contributed by atoms with Crippen LogP contribution in [0.5, 0.6) is 0 Å². The van der Waals surface area contributed by atoms with Gasteiger partial charge < -0.3 is 4.74 Å². The van der Waals surface area contributed by atoms with Crippen LogP contribution >= 0.6 is 11.3 Å². The molecule has 1 aromatic rings. The van der Waals surface area contributed by atoms with E-state index in [2.05, 4.69) is 12.2 Å². The molecule has 100 valence electrons. The minimum atomic E-state index is -0.450. The summed E-state index contributed by atoms with van der Waals surface area (Å²) in [5.74, 6) is 0. The Morgan fingerprint density at radius 1 is 1.28 bits per heavy atom. The van der Waals surface area contributed by atoms with Crippen molar-refractivity contribution in [3.63, 3.8) is 0 Å². The van der Waals surface area contributed by atoms with Crippen LogP contribution in [0.15, 0.2) is 0 Å². The lowest BCUT2D eigenvalue weighted by atomic mass is 9.96. The largest absolute Gasteiger partial charge is 0.444 e. The van der Waals surface area contributed by atoms with E-state index in [1.807, 2.05) is 20.8 Å². The number of carbonyl (C=O) groups is 1. The first kappa shape index (κ1) is 13.4. The molecule has 1 aliphatic carbocycles. The standard InChI is InChI=1S/C14H21NO2S/c1-9-10-7-5-6-8-11(10)18-12(9)15-13(16)17-14(2,3)4/h5-8H2,1-4H3,(H,15,16). The zero-order valence-corrected chi connectivity index (χ0v) is 12.4. The fourth-order valence-electron chi connectivity index (χ4n) is 2.24. The average Bonchev–Trinajstić information content (AvgIpc) is 2.54. The van der Waals surface area contributed by atoms with Crippen LogP contribution in [0, 0.1) is 6.92 Å². The van der Waals surface area contributed by atoms with Gasteiger partial charge in [-0.25, -0.2) is 4.79 Å². The fraction of sp³-hybridized carbons (Fsp3) is 0.643. The molecule has 0 aromatic carbocycles. The first-order valence-electron chi connectivity index (χ1n) is 6.48. The minimum absolute atomic E-state index is 0.357. The normalized spacial score (nSPS) is 15.1. The van der Waals surface area contributed by atoms with E-state index in [1.165, 1.54) is 28.8 Å². The Morgan fingerprint density at radius 3 is 2.56 bits per heavy atom. The third kappa shape index (κ3) is 3.05. The topological polar surface area (TPSA) is 38.3 Å². The molecule has 1 amide bonds. The first-order chi connectivity index (χ1) is 8.37. The number of rotatable bonds is 1. The summed E-state index contributed by atoms with van der Waals surface area (Å²) in [4.78, 5) is 13.2. The van der Waals surface area contributed by atoms with E-state index in [4.69, 9.17) is 4.74 Å². The van der Waals surface area contributed by atoms with Gasteiger partial charge in [-0.2, -0.15) is 0 Å². The third-order valence-electron chi connectivity index (χ3n) is 3.05. The van der Waals surface area contributed by atoms with Crippen molar-refractivity contribution in [3.8, 4) is 0 Å². The predicted octanol–water partition coefficient (Wildman–Crippen LogP) is 4.28. The van der Waals surface area contributed by atoms with Crippen LogP contribution in [0.3, 0.4) is 0 Å². The number of hydrogen-bond donors (Lipinski definition) is 1. The molecule has 1 aliphatic rings. The van der Waals surface area contributed by atoms with Crippen LogP contribution in [0.4, 0.5) is 9.80 Å². The van der Waals surface area contributed by atoms with Crippen molar-refractivity contribution in [2.24, 2.45) is 0 Å². The summed E-state index contributed by atoms with van der Waals surface area (Å²) in [6, 6.07) is 0. The molecule has 0 unspecified atom stereocenters. The maximum Gasteiger partial charge on any atom is 0.412 e. The van der Waals surface area contributed by atoms with Crippen molar-refractivity contribution in [1.82, 2.24) is 0 Å². The Labute approximate surface area is 113 Å². The molecule has 0 bridgehead atoms. The van der Waals surface area contributed by atoms with Gasteiger partial charge in [-0.15, -0.1) is 11.3 Å². The zero-order chi connectivity index (χ0) is 13.3. The lowest BCUT2D eigenvalue weighted by Gasteiger charge is -2.19. The van der Waals surface area contributed by atoms with Crippen molar-refractivity contribution in [2.75, 3.05) is 5.32 Å². The molecule has 1 N–H and O–H groups in total. The van der Waals surface area contributed by atoms with E-state index < -0.39 is 5.60 Å². The molecule has 1 heterocycles. The van der Waals surface area contributed by atoms with Gasteiger partial charge in [-0.1, -0.05) is 0 Å². The van der Waals surface area contributed by atoms with Crippen LogP contribution < -0.4 is 5.32 Å². The summed E-state index contributed by atoms with van der Waals surface area (Å²) in [5.41, 5.74) is 2.22. The summed E-state index contributed by atoms with van der Waals surface area (Å²) < 4.78 is 5.29. The smallest absolute Gasteiger partial charge is 0.412 e. The summed E-state index contributed by atoms with van der Waals surface area (Å²) in [6.45, 7) is 7.71. The number of carbonyl (C=O) groups excluding carboxylic acids is 1. The van der Waals surface area contributed by atoms with Gasteiger partial charge in [0.15, 0.2) is 0 Å². The number of ether oxygens (including phenoxy) is 1. The van der Waals surface area contributed by atoms with E-state index in [0.29, 0.717) is 0 Å². The molecular weight excluding hydrogens is 246 g/mol. The number of thiophene rings is 1. The Morgan fingerprint density at radius 2 is 1.94 bits per heavy atom. The van der Waals surface area contributed by atoms with Gasteiger partial charge in [0.1, 0.15) is 10.6 Å². The van der Waals surface area contributed by atoms with Crippen molar-refractivity contribution >= 4 is 22.4 Å². The predicted molar refractivity (Wildman–Crippen MR) is 75.6 cm³/mol. The molecule has 3 nitrogen and oxygen atoms in total. The van der Waals surface area contributed by atoms with E-state index >= 15 is 0 Å². The highest BCUT2D eigenvalue weighted by Gasteiger charge is 2.21. The molecule has 0 aliphatic heterocycles. The quantitative estimate of drug-likeness (QED) is 0.824. The van der Waals surface area contributed by atoms with E-state index in [-0.39, 0.29) is 6.09 Å². The van der Waals surface area contributed by atoms with Crippen LogP contribution in [-0.4, -0.2) is 11.7 Å². The molecule has 18 heavy (non-hydrogen) atoms. The Kier molecular flexibility index (Phi) is 3.66. The fourth-order valence-corrected chi connectivity index (χ4v) is 3.52. The summed E-state index contributed by atoms with van der Waals surface area (Å²) in [5, 5.41) is 3.84. The van der Waals surface area contributed by atoms with Crippen LogP contribution in [0.2, 0.25) is 0 Å². The second-order valence-electron chi connectivity index (χ2n) is 5.79. The maximum absolute atomic E-state index is 11.8. The molecule has 2 rings (SSSR count). The molecule has 0 atom stereocenters. The van der Waals surface area contributed by atoms with Gasteiger partial charge in [0, 0.05) is 4.88 Å². The average molecular weight is 267 g/mol. The lowest BCUT2D eigenvalue weighted by molar-refractivity contribution is 0.0636. The molecule has 0 spiro atoms. The molecule has 4 heteroatoms. The van der Waals surface area contributed by atoms with E-state index in [1.54, 1.807) is 11.3 Å². The third-order valence-corrected chi connectivity index (χ3v) is 4.36. The van der Waals surface area contributed by atoms with Crippen molar-refractivity contribution < 1.29 is 9.53 Å². The Balaban J connectivity index is 2.10. The van der Waals surface area contributed by atoms with Gasteiger partial charge in [0.2, 0.25) is 0 Å². The number of anilines is 1. The number of fused-ring (bicyclic) bond motifs is 1. The number of nitrogens with one attached hydrogen (secondary N) is 1. The molecule has 0 saturated heterocycles. The first-order valence-corrected chi connectivity index (χ1v) is 7.29. The van der Waals surface area contributed by atoms with Gasteiger partial charge in [0.05, 0.1) is 0 Å². The summed E-state index contributed by atoms with van der Waals surface area (Å²) in [6.07, 6.45) is 4.46. The van der Waals surface area contributed by atoms with Crippen LogP contribution in [0.25, 0.3) is 0 Å². The highest BCUT2D eigenvalue weighted by Crippen LogP contribution is 2.37. The highest BCUT2D eigenvalue weighted by molar-refractivity contribution is 7.16. The Hall–Kier alpha value is -1.03. The van der Waals surface area contributed by atoms with E-state index in [9.17, 15) is 4.79 Å². The second-order valence-corrected chi connectivity index (χ2v) is 6.90. The second kappa shape index (κ2) is 4.92. The van der Waals surface area contributed by atoms with Gasteiger partial charge >= 0.3 is 6.09 Å². The minimum Gasteiger partial charge on any atom is -0.444 e.